The second-order valence-corrected chi connectivity index (χ2v) is 1.19. The van der Waals surface area contributed by atoms with Gasteiger partial charge in [-0.3, -0.25) is 4.84 Å². The van der Waals surface area contributed by atoms with Gasteiger partial charge < -0.3 is 5.32 Å². The number of hydrogen-bond donors (Lipinski definition) is 2. The van der Waals surface area contributed by atoms with Crippen molar-refractivity contribution < 1.29 is 9.63 Å². The molecule has 0 unspecified atom stereocenters. The maximum atomic E-state index is 10.4. The summed E-state index contributed by atoms with van der Waals surface area (Å²) in [5, 5.41) is 2.32. The average molecular weight is 128 g/mol. The van der Waals surface area contributed by atoms with Gasteiger partial charge in [0, 0.05) is 0 Å². The summed E-state index contributed by atoms with van der Waals surface area (Å²) in [4.78, 5) is 14.6. The third kappa shape index (κ3) is 4.65. The third-order valence-corrected chi connectivity index (χ3v) is 0.546. The van der Waals surface area contributed by atoms with Gasteiger partial charge in [0.05, 0.1) is 13.7 Å². The molecule has 2 N–H and O–H groups in total. The Morgan fingerprint density at radius 2 is 2.56 bits per heavy atom. The number of nitrogens with one attached hydrogen (secondary N) is 2. The van der Waals surface area contributed by atoms with Crippen LogP contribution in [0.2, 0.25) is 0 Å². The molecule has 4 heteroatoms. The molecule has 0 saturated carbocycles. The quantitative estimate of drug-likeness (QED) is 0.388. The highest BCUT2D eigenvalue weighted by Gasteiger charge is 1.92. The Balaban J connectivity index is 3.19. The Bertz CT molecular complexity index is 127. The van der Waals surface area contributed by atoms with Gasteiger partial charge >= 0.3 is 6.03 Å². The summed E-state index contributed by atoms with van der Waals surface area (Å²) >= 11 is 0. The van der Waals surface area contributed by atoms with E-state index >= 15 is 0 Å². The van der Waals surface area contributed by atoms with E-state index in [4.69, 9.17) is 6.42 Å². The monoisotopic (exact) mass is 128 g/mol. The second kappa shape index (κ2) is 4.94. The minimum atomic E-state index is -0.435. The van der Waals surface area contributed by atoms with Crippen LogP contribution in [0, 0.1) is 12.3 Å². The molecule has 50 valence electrons. The molecule has 0 aliphatic carbocycles. The first-order chi connectivity index (χ1) is 4.31. The van der Waals surface area contributed by atoms with Crippen LogP contribution in [0.3, 0.4) is 0 Å². The molecule has 0 aromatic rings. The number of hydroxylamine groups is 1. The molecule has 2 amide bonds. The van der Waals surface area contributed by atoms with Crippen LogP contribution in [-0.4, -0.2) is 19.7 Å². The molecule has 4 nitrogen and oxygen atoms in total. The Hall–Kier alpha value is -1.21. The normalized spacial score (nSPS) is 7.56. The minimum Gasteiger partial charge on any atom is -0.325 e. The highest BCUT2D eigenvalue weighted by Crippen LogP contribution is 1.60. The first-order valence-electron chi connectivity index (χ1n) is 2.31. The molecule has 0 saturated heterocycles. The van der Waals surface area contributed by atoms with Crippen molar-refractivity contribution >= 4 is 6.03 Å². The lowest BCUT2D eigenvalue weighted by molar-refractivity contribution is 0.108. The van der Waals surface area contributed by atoms with Gasteiger partial charge in [0.2, 0.25) is 0 Å². The maximum absolute atomic E-state index is 10.4. The number of carbonyl (C=O) groups is 1. The van der Waals surface area contributed by atoms with E-state index in [0.29, 0.717) is 0 Å². The Kier molecular flexibility index (Phi) is 4.27. The molecule has 0 aromatic heterocycles. The van der Waals surface area contributed by atoms with Gasteiger partial charge in [-0.1, -0.05) is 5.92 Å². The summed E-state index contributed by atoms with van der Waals surface area (Å²) < 4.78 is 0. The Labute approximate surface area is 53.5 Å². The van der Waals surface area contributed by atoms with Gasteiger partial charge in [-0.2, -0.15) is 0 Å². The van der Waals surface area contributed by atoms with Crippen molar-refractivity contribution in [2.75, 3.05) is 13.7 Å². The van der Waals surface area contributed by atoms with Crippen LogP contribution in [0.25, 0.3) is 0 Å². The van der Waals surface area contributed by atoms with E-state index in [1.807, 2.05) is 5.48 Å². The first-order valence-corrected chi connectivity index (χ1v) is 2.31. The van der Waals surface area contributed by atoms with E-state index in [2.05, 4.69) is 16.1 Å². The van der Waals surface area contributed by atoms with E-state index in [0.717, 1.165) is 0 Å². The summed E-state index contributed by atoms with van der Waals surface area (Å²) in [5.41, 5.74) is 2.03. The van der Waals surface area contributed by atoms with Gasteiger partial charge in [-0.15, -0.1) is 6.42 Å². The fraction of sp³-hybridized carbons (Fsp3) is 0.400. The largest absolute Gasteiger partial charge is 0.339 e. The third-order valence-electron chi connectivity index (χ3n) is 0.546. The van der Waals surface area contributed by atoms with Gasteiger partial charge in [-0.05, 0) is 0 Å². The molecule has 0 aliphatic heterocycles. The van der Waals surface area contributed by atoms with Crippen LogP contribution in [0.4, 0.5) is 4.79 Å². The predicted molar refractivity (Wildman–Crippen MR) is 32.4 cm³/mol. The molecule has 0 heterocycles. The summed E-state index contributed by atoms with van der Waals surface area (Å²) in [6, 6.07) is -0.435. The van der Waals surface area contributed by atoms with Crippen LogP contribution in [0.1, 0.15) is 0 Å². The van der Waals surface area contributed by atoms with Crippen LogP contribution < -0.4 is 10.8 Å². The number of hydrogen-bond acceptors (Lipinski definition) is 2. The minimum absolute atomic E-state index is 0.204. The molecule has 0 fully saturated rings. The van der Waals surface area contributed by atoms with Gasteiger partial charge in [0.15, 0.2) is 0 Å². The predicted octanol–water partition coefficient (Wildman–Crippen LogP) is -0.520. The lowest BCUT2D eigenvalue weighted by Gasteiger charge is -1.99. The van der Waals surface area contributed by atoms with Gasteiger partial charge in [0.1, 0.15) is 0 Å². The number of carbonyl (C=O) groups excluding carboxylic acids is 1. The molecule has 0 bridgehead atoms. The molecule has 0 radical (unpaired) electrons. The second-order valence-electron chi connectivity index (χ2n) is 1.19. The number of terminal acetylenes is 1. The van der Waals surface area contributed by atoms with E-state index < -0.39 is 6.03 Å². The first kappa shape index (κ1) is 7.79. The summed E-state index contributed by atoms with van der Waals surface area (Å²) in [5.74, 6) is 2.23. The van der Waals surface area contributed by atoms with E-state index in [1.165, 1.54) is 7.11 Å². The van der Waals surface area contributed by atoms with Crippen LogP contribution in [0.15, 0.2) is 0 Å². The molecule has 0 aliphatic rings. The molecule has 0 aromatic carbocycles. The fourth-order valence-corrected chi connectivity index (χ4v) is 0.260. The van der Waals surface area contributed by atoms with Crippen molar-refractivity contribution in [1.29, 1.82) is 0 Å². The summed E-state index contributed by atoms with van der Waals surface area (Å²) in [6.45, 7) is 0.204. The van der Waals surface area contributed by atoms with E-state index in [-0.39, 0.29) is 6.54 Å². The Morgan fingerprint density at radius 3 is 3.00 bits per heavy atom. The lowest BCUT2D eigenvalue weighted by Crippen LogP contribution is -2.34. The van der Waals surface area contributed by atoms with Crippen molar-refractivity contribution in [3.63, 3.8) is 0 Å². The van der Waals surface area contributed by atoms with Gasteiger partial charge in [-0.25, -0.2) is 10.3 Å². The number of urea groups is 1. The zero-order valence-corrected chi connectivity index (χ0v) is 5.10. The number of rotatable bonds is 2. The SMILES string of the molecule is C#CCNC(=O)NOC. The average Bonchev–Trinajstić information content (AvgIpc) is 1.85. The lowest BCUT2D eigenvalue weighted by atomic mass is 10.7. The van der Waals surface area contributed by atoms with Crippen LogP contribution in [0.5, 0.6) is 0 Å². The van der Waals surface area contributed by atoms with Crippen molar-refractivity contribution in [2.45, 2.75) is 0 Å². The van der Waals surface area contributed by atoms with Gasteiger partial charge in [0.25, 0.3) is 0 Å². The van der Waals surface area contributed by atoms with Crippen LogP contribution in [-0.2, 0) is 4.84 Å². The topological polar surface area (TPSA) is 50.4 Å². The van der Waals surface area contributed by atoms with Crippen LogP contribution >= 0.6 is 0 Å². The Morgan fingerprint density at radius 1 is 1.89 bits per heavy atom. The maximum Gasteiger partial charge on any atom is 0.339 e. The zero-order chi connectivity index (χ0) is 7.11. The highest BCUT2D eigenvalue weighted by molar-refractivity contribution is 5.72. The summed E-state index contributed by atoms with van der Waals surface area (Å²) in [7, 11) is 1.34. The molecule has 0 rings (SSSR count). The van der Waals surface area contributed by atoms with Crippen molar-refractivity contribution in [3.8, 4) is 12.3 Å². The van der Waals surface area contributed by atoms with E-state index in [1.54, 1.807) is 0 Å². The van der Waals surface area contributed by atoms with Crippen molar-refractivity contribution in [1.82, 2.24) is 10.8 Å². The number of amides is 2. The highest BCUT2D eigenvalue weighted by atomic mass is 16.6. The van der Waals surface area contributed by atoms with E-state index in [9.17, 15) is 4.79 Å². The summed E-state index contributed by atoms with van der Waals surface area (Å²) in [6.07, 6.45) is 4.84. The molecular formula is C5H8N2O2. The fourth-order valence-electron chi connectivity index (χ4n) is 0.260. The smallest absolute Gasteiger partial charge is 0.325 e. The molecule has 0 atom stereocenters. The molecule has 0 spiro atoms. The standard InChI is InChI=1S/C5H8N2O2/c1-3-4-6-5(8)7-9-2/h1H,4H2,2H3,(H2,6,7,8). The van der Waals surface area contributed by atoms with Crippen molar-refractivity contribution in [3.05, 3.63) is 0 Å². The molecular weight excluding hydrogens is 120 g/mol. The zero-order valence-electron chi connectivity index (χ0n) is 5.10. The van der Waals surface area contributed by atoms with Crippen molar-refractivity contribution in [2.24, 2.45) is 0 Å². The molecule has 9 heavy (non-hydrogen) atoms.